The summed E-state index contributed by atoms with van der Waals surface area (Å²) >= 11 is 0.604. The Bertz CT molecular complexity index is 559. The van der Waals surface area contributed by atoms with E-state index in [2.05, 4.69) is 20.0 Å². The molecule has 0 radical (unpaired) electrons. The van der Waals surface area contributed by atoms with Crippen LogP contribution >= 0.6 is 12.3 Å². The van der Waals surface area contributed by atoms with E-state index >= 15 is 0 Å². The number of aliphatic imine (C=N–C) groups is 4. The van der Waals surface area contributed by atoms with Crippen molar-refractivity contribution in [2.75, 3.05) is 13.1 Å². The molecular formula is C20H32N4O6S. The molecule has 0 saturated heterocycles. The molecule has 0 aliphatic carbocycles. The van der Waals surface area contributed by atoms with E-state index < -0.39 is 12.5 Å². The van der Waals surface area contributed by atoms with E-state index in [0.29, 0.717) is 25.4 Å². The van der Waals surface area contributed by atoms with Gasteiger partial charge in [-0.2, -0.15) is 9.98 Å². The summed E-state index contributed by atoms with van der Waals surface area (Å²) in [5.41, 5.74) is 0. The second-order valence-electron chi connectivity index (χ2n) is 6.38. The van der Waals surface area contributed by atoms with Gasteiger partial charge in [0.25, 0.3) is 0 Å². The fourth-order valence-electron chi connectivity index (χ4n) is 2.22. The Kier molecular flexibility index (Phi) is 27.8. The van der Waals surface area contributed by atoms with Crippen LogP contribution in [0.25, 0.3) is 0 Å². The van der Waals surface area contributed by atoms with Crippen molar-refractivity contribution in [1.29, 1.82) is 0 Å². The standard InChI is InChI=1S/C14H24N2O2.C6H8N2O4S/c17-13-15-11-9-7-5-3-1-2-4-6-8-10-12-16-14-18;1-5(7-3-9)11-13-12-6(2)8-4-10/h1-12H2;5-6H,1-2H3. The molecule has 0 fully saturated rings. The summed E-state index contributed by atoms with van der Waals surface area (Å²) in [6, 6.07) is 0. The monoisotopic (exact) mass is 456 g/mol. The minimum absolute atomic E-state index is 0.604. The van der Waals surface area contributed by atoms with Gasteiger partial charge in [-0.15, -0.1) is 0 Å². The van der Waals surface area contributed by atoms with Crippen molar-refractivity contribution in [3.05, 3.63) is 0 Å². The van der Waals surface area contributed by atoms with E-state index in [0.717, 1.165) is 25.7 Å². The van der Waals surface area contributed by atoms with Crippen LogP contribution in [0.5, 0.6) is 0 Å². The number of isocyanates is 4. The molecule has 0 aliphatic heterocycles. The van der Waals surface area contributed by atoms with Crippen LogP contribution in [0.15, 0.2) is 20.0 Å². The zero-order valence-electron chi connectivity index (χ0n) is 18.3. The molecule has 0 aromatic rings. The van der Waals surface area contributed by atoms with Gasteiger partial charge in [-0.3, -0.25) is 8.37 Å². The number of unbranched alkanes of at least 4 members (excludes halogenated alkanes) is 9. The second kappa shape index (κ2) is 27.8. The maximum absolute atomic E-state index is 9.81. The Morgan fingerprint density at radius 2 is 0.903 bits per heavy atom. The van der Waals surface area contributed by atoms with E-state index in [-0.39, 0.29) is 0 Å². The van der Waals surface area contributed by atoms with Crippen LogP contribution in [0.3, 0.4) is 0 Å². The topological polar surface area (TPSA) is 136 Å². The first kappa shape index (κ1) is 31.0. The van der Waals surface area contributed by atoms with Gasteiger partial charge in [0.2, 0.25) is 24.3 Å². The highest BCUT2D eigenvalue weighted by Crippen LogP contribution is 2.12. The van der Waals surface area contributed by atoms with E-state index in [1.807, 2.05) is 0 Å². The molecule has 0 aliphatic rings. The van der Waals surface area contributed by atoms with Gasteiger partial charge in [-0.05, 0) is 26.7 Å². The van der Waals surface area contributed by atoms with Crippen molar-refractivity contribution in [3.8, 4) is 0 Å². The third-order valence-electron chi connectivity index (χ3n) is 3.75. The Balaban J connectivity index is 0. The highest BCUT2D eigenvalue weighted by molar-refractivity contribution is 7.89. The molecule has 0 aromatic carbocycles. The predicted molar refractivity (Wildman–Crippen MR) is 117 cm³/mol. The van der Waals surface area contributed by atoms with Crippen molar-refractivity contribution in [2.45, 2.75) is 90.5 Å². The Labute approximate surface area is 188 Å². The van der Waals surface area contributed by atoms with Crippen LogP contribution in [0.2, 0.25) is 0 Å². The predicted octanol–water partition coefficient (Wildman–Crippen LogP) is 4.51. The van der Waals surface area contributed by atoms with Crippen LogP contribution < -0.4 is 0 Å². The number of carbonyl (C=O) groups excluding carboxylic acids is 4. The molecule has 0 rings (SSSR count). The first-order valence-electron chi connectivity index (χ1n) is 10.3. The number of hydrogen-bond acceptors (Lipinski definition) is 11. The van der Waals surface area contributed by atoms with Crippen molar-refractivity contribution in [3.63, 3.8) is 0 Å². The highest BCUT2D eigenvalue weighted by Gasteiger charge is 2.03. The summed E-state index contributed by atoms with van der Waals surface area (Å²) < 4.78 is 9.55. The van der Waals surface area contributed by atoms with Gasteiger partial charge >= 0.3 is 0 Å². The van der Waals surface area contributed by atoms with Crippen LogP contribution in [-0.4, -0.2) is 49.9 Å². The van der Waals surface area contributed by atoms with Crippen molar-refractivity contribution >= 4 is 36.6 Å². The largest absolute Gasteiger partial charge is 0.264 e. The Morgan fingerprint density at radius 3 is 1.19 bits per heavy atom. The average molecular weight is 457 g/mol. The molecule has 0 aromatic heterocycles. The lowest BCUT2D eigenvalue weighted by molar-refractivity contribution is 0.200. The van der Waals surface area contributed by atoms with Gasteiger partial charge in [-0.1, -0.05) is 51.4 Å². The Morgan fingerprint density at radius 1 is 0.581 bits per heavy atom. The quantitative estimate of drug-likeness (QED) is 0.121. The van der Waals surface area contributed by atoms with Crippen molar-refractivity contribution < 1.29 is 27.5 Å². The van der Waals surface area contributed by atoms with E-state index in [4.69, 9.17) is 8.37 Å². The van der Waals surface area contributed by atoms with Gasteiger partial charge in [0, 0.05) is 0 Å². The molecule has 0 saturated carbocycles. The first-order chi connectivity index (χ1) is 15.1. The molecular weight excluding hydrogens is 424 g/mol. The molecule has 0 bridgehead atoms. The minimum Gasteiger partial charge on any atom is -0.264 e. The van der Waals surface area contributed by atoms with Crippen molar-refractivity contribution in [1.82, 2.24) is 0 Å². The molecule has 174 valence electrons. The normalized spacial score (nSPS) is 11.3. The minimum atomic E-state index is -0.644. The maximum atomic E-state index is 9.81. The second-order valence-corrected chi connectivity index (χ2v) is 6.90. The maximum Gasteiger partial charge on any atom is 0.237 e. The lowest BCUT2D eigenvalue weighted by Gasteiger charge is -2.05. The molecule has 31 heavy (non-hydrogen) atoms. The van der Waals surface area contributed by atoms with Gasteiger partial charge in [0.1, 0.15) is 0 Å². The lowest BCUT2D eigenvalue weighted by Crippen LogP contribution is -2.03. The molecule has 10 nitrogen and oxygen atoms in total. The smallest absolute Gasteiger partial charge is 0.237 e. The van der Waals surface area contributed by atoms with Gasteiger partial charge in [-0.25, -0.2) is 29.2 Å². The molecule has 2 atom stereocenters. The number of nitrogens with zero attached hydrogens (tertiary/aromatic N) is 4. The molecule has 0 N–H and O–H groups in total. The fourth-order valence-corrected chi connectivity index (χ4v) is 2.57. The van der Waals surface area contributed by atoms with E-state index in [1.165, 1.54) is 64.5 Å². The molecule has 2 unspecified atom stereocenters. The summed E-state index contributed by atoms with van der Waals surface area (Å²) in [5, 5.41) is 0. The molecule has 0 heterocycles. The zero-order chi connectivity index (χ0) is 23.4. The van der Waals surface area contributed by atoms with Crippen LogP contribution in [0.1, 0.15) is 78.1 Å². The Hall–Kier alpha value is -2.21. The lowest BCUT2D eigenvalue weighted by atomic mass is 10.1. The number of hydrogen-bond donors (Lipinski definition) is 0. The van der Waals surface area contributed by atoms with Crippen LogP contribution in [0, 0.1) is 0 Å². The molecule has 0 spiro atoms. The van der Waals surface area contributed by atoms with Gasteiger partial charge in [0.15, 0.2) is 24.8 Å². The number of rotatable bonds is 19. The SMILES string of the molecule is CC(N=C=O)OSOC(C)N=C=O.O=C=NCCCCCCCCCCCCN=C=O. The summed E-state index contributed by atoms with van der Waals surface area (Å²) in [5.74, 6) is 0. The highest BCUT2D eigenvalue weighted by atomic mass is 32.2. The van der Waals surface area contributed by atoms with E-state index in [9.17, 15) is 19.2 Å². The third kappa shape index (κ3) is 30.1. The first-order valence-corrected chi connectivity index (χ1v) is 11.0. The summed E-state index contributed by atoms with van der Waals surface area (Å²) in [7, 11) is 0. The van der Waals surface area contributed by atoms with Gasteiger partial charge in [0.05, 0.1) is 13.1 Å². The molecule has 11 heteroatoms. The average Bonchev–Trinajstić information content (AvgIpc) is 2.75. The zero-order valence-corrected chi connectivity index (χ0v) is 19.1. The van der Waals surface area contributed by atoms with Crippen LogP contribution in [-0.2, 0) is 27.5 Å². The molecule has 0 amide bonds. The third-order valence-corrected chi connectivity index (χ3v) is 4.46. The summed E-state index contributed by atoms with van der Waals surface area (Å²) in [6.07, 6.45) is 16.4. The van der Waals surface area contributed by atoms with Crippen molar-refractivity contribution in [2.24, 2.45) is 20.0 Å². The summed E-state index contributed by atoms with van der Waals surface area (Å²) in [4.78, 5) is 52.6. The van der Waals surface area contributed by atoms with E-state index in [1.54, 1.807) is 12.2 Å². The summed E-state index contributed by atoms with van der Waals surface area (Å²) in [6.45, 7) is 4.34. The van der Waals surface area contributed by atoms with Crippen LogP contribution in [0.4, 0.5) is 0 Å². The van der Waals surface area contributed by atoms with Gasteiger partial charge < -0.3 is 0 Å². The fraction of sp³-hybridized carbons (Fsp3) is 0.800.